The lowest BCUT2D eigenvalue weighted by atomic mass is 10.1. The van der Waals surface area contributed by atoms with Crippen molar-refractivity contribution in [2.45, 2.75) is 6.04 Å². The smallest absolute Gasteiger partial charge is 0.272 e. The van der Waals surface area contributed by atoms with Crippen LogP contribution >= 0.6 is 11.3 Å². The zero-order chi connectivity index (χ0) is 14.8. The second-order valence-electron chi connectivity index (χ2n) is 4.44. The maximum absolute atomic E-state index is 12.2. The fourth-order valence-corrected chi connectivity index (χ4v) is 2.71. The molecular weight excluding hydrogens is 288 g/mol. The summed E-state index contributed by atoms with van der Waals surface area (Å²) in [6.07, 6.45) is 3.43. The number of benzene rings is 1. The standard InChI is InChI=1S/C14H12N4O2S/c15-12(19)11(9-4-2-1-3-5-9)17-13(20)10-8-18-6-7-21-14(18)16-10/h1-8,11H,(H2,15,19)(H,17,20)/t11-/m0/s1. The molecule has 0 bridgehead atoms. The van der Waals surface area contributed by atoms with Gasteiger partial charge in [-0.05, 0) is 5.56 Å². The Morgan fingerprint density at radius 3 is 2.71 bits per heavy atom. The normalized spacial score (nSPS) is 12.2. The van der Waals surface area contributed by atoms with Crippen LogP contribution in [0.2, 0.25) is 0 Å². The maximum atomic E-state index is 12.2. The molecular formula is C14H12N4O2S. The number of nitrogens with zero attached hydrogens (tertiary/aromatic N) is 2. The molecule has 1 atom stereocenters. The number of carbonyl (C=O) groups excluding carboxylic acids is 2. The number of imidazole rings is 1. The van der Waals surface area contributed by atoms with Crippen molar-refractivity contribution in [1.29, 1.82) is 0 Å². The van der Waals surface area contributed by atoms with E-state index in [0.717, 1.165) is 4.96 Å². The highest BCUT2D eigenvalue weighted by atomic mass is 32.1. The number of hydrogen-bond acceptors (Lipinski definition) is 4. The summed E-state index contributed by atoms with van der Waals surface area (Å²) in [5.74, 6) is -1.05. The molecule has 0 saturated carbocycles. The molecule has 0 unspecified atom stereocenters. The van der Waals surface area contributed by atoms with Gasteiger partial charge >= 0.3 is 0 Å². The molecule has 0 radical (unpaired) electrons. The lowest BCUT2D eigenvalue weighted by molar-refractivity contribution is -0.120. The van der Waals surface area contributed by atoms with Gasteiger partial charge in [-0.2, -0.15) is 0 Å². The highest BCUT2D eigenvalue weighted by Crippen LogP contribution is 2.15. The van der Waals surface area contributed by atoms with E-state index in [-0.39, 0.29) is 5.69 Å². The van der Waals surface area contributed by atoms with Crippen LogP contribution < -0.4 is 11.1 Å². The minimum absolute atomic E-state index is 0.254. The third kappa shape index (κ3) is 2.63. The number of thiazole rings is 1. The van der Waals surface area contributed by atoms with Crippen molar-refractivity contribution in [1.82, 2.24) is 14.7 Å². The van der Waals surface area contributed by atoms with Crippen LogP contribution in [0.1, 0.15) is 22.1 Å². The quantitative estimate of drug-likeness (QED) is 0.762. The Balaban J connectivity index is 1.84. The molecule has 3 aromatic rings. The average Bonchev–Trinajstić information content (AvgIpc) is 3.06. The van der Waals surface area contributed by atoms with E-state index in [1.807, 2.05) is 17.6 Å². The third-order valence-corrected chi connectivity index (χ3v) is 3.79. The van der Waals surface area contributed by atoms with E-state index in [9.17, 15) is 9.59 Å². The maximum Gasteiger partial charge on any atom is 0.272 e. The molecule has 3 rings (SSSR count). The zero-order valence-corrected chi connectivity index (χ0v) is 11.7. The van der Waals surface area contributed by atoms with Crippen LogP contribution in [0.5, 0.6) is 0 Å². The molecule has 3 N–H and O–H groups in total. The molecule has 7 heteroatoms. The number of hydrogen-bond donors (Lipinski definition) is 2. The molecule has 0 aliphatic carbocycles. The second kappa shape index (κ2) is 5.37. The van der Waals surface area contributed by atoms with Gasteiger partial charge in [0.2, 0.25) is 5.91 Å². The summed E-state index contributed by atoms with van der Waals surface area (Å²) < 4.78 is 1.75. The molecule has 6 nitrogen and oxygen atoms in total. The highest BCUT2D eigenvalue weighted by molar-refractivity contribution is 7.15. The Kier molecular flexibility index (Phi) is 3.41. The molecule has 2 heterocycles. The van der Waals surface area contributed by atoms with Gasteiger partial charge in [0, 0.05) is 17.8 Å². The number of primary amides is 1. The largest absolute Gasteiger partial charge is 0.368 e. The lowest BCUT2D eigenvalue weighted by Gasteiger charge is -2.14. The van der Waals surface area contributed by atoms with E-state index >= 15 is 0 Å². The summed E-state index contributed by atoms with van der Waals surface area (Å²) in [6, 6.07) is 7.99. The minimum atomic E-state index is -0.876. The van der Waals surface area contributed by atoms with Crippen LogP contribution in [-0.4, -0.2) is 21.2 Å². The van der Waals surface area contributed by atoms with E-state index in [2.05, 4.69) is 10.3 Å². The van der Waals surface area contributed by atoms with E-state index < -0.39 is 17.9 Å². The second-order valence-corrected chi connectivity index (χ2v) is 5.31. The minimum Gasteiger partial charge on any atom is -0.368 e. The molecule has 2 amide bonds. The number of nitrogens with one attached hydrogen (secondary N) is 1. The molecule has 1 aromatic carbocycles. The molecule has 0 fully saturated rings. The SMILES string of the molecule is NC(=O)[C@@H](NC(=O)c1cn2ccsc2n1)c1ccccc1. The molecule has 0 saturated heterocycles. The van der Waals surface area contributed by atoms with Crippen molar-refractivity contribution in [3.05, 3.63) is 59.4 Å². The Morgan fingerprint density at radius 2 is 2.05 bits per heavy atom. The van der Waals surface area contributed by atoms with Crippen molar-refractivity contribution < 1.29 is 9.59 Å². The summed E-state index contributed by atoms with van der Waals surface area (Å²) in [5.41, 5.74) is 6.27. The molecule has 0 aliphatic heterocycles. The first-order valence-corrected chi connectivity index (χ1v) is 7.10. The van der Waals surface area contributed by atoms with Crippen molar-refractivity contribution in [2.24, 2.45) is 5.73 Å². The van der Waals surface area contributed by atoms with Gasteiger partial charge in [0.05, 0.1) is 0 Å². The van der Waals surface area contributed by atoms with Crippen molar-refractivity contribution in [3.63, 3.8) is 0 Å². The third-order valence-electron chi connectivity index (χ3n) is 3.02. The van der Waals surface area contributed by atoms with Crippen LogP contribution in [-0.2, 0) is 4.79 Å². The Bertz CT molecular complexity index is 765. The van der Waals surface area contributed by atoms with Crippen LogP contribution in [0.15, 0.2) is 48.1 Å². The van der Waals surface area contributed by atoms with E-state index in [4.69, 9.17) is 5.73 Å². The van der Waals surface area contributed by atoms with E-state index in [1.165, 1.54) is 11.3 Å². The fraction of sp³-hybridized carbons (Fsp3) is 0.0714. The van der Waals surface area contributed by atoms with Gasteiger partial charge in [-0.15, -0.1) is 11.3 Å². The number of amides is 2. The van der Waals surface area contributed by atoms with Gasteiger partial charge in [-0.1, -0.05) is 30.3 Å². The molecule has 2 aromatic heterocycles. The summed E-state index contributed by atoms with van der Waals surface area (Å²) in [7, 11) is 0. The van der Waals surface area contributed by atoms with Crippen LogP contribution in [0.4, 0.5) is 0 Å². The molecule has 0 spiro atoms. The first kappa shape index (κ1) is 13.3. The van der Waals surface area contributed by atoms with Crippen molar-refractivity contribution >= 4 is 28.1 Å². The van der Waals surface area contributed by atoms with Crippen LogP contribution in [0.25, 0.3) is 4.96 Å². The fourth-order valence-electron chi connectivity index (χ4n) is 2.01. The Hall–Kier alpha value is -2.67. The Labute approximate surface area is 124 Å². The first-order valence-electron chi connectivity index (χ1n) is 6.22. The summed E-state index contributed by atoms with van der Waals surface area (Å²) in [4.78, 5) is 28.7. The van der Waals surface area contributed by atoms with Gasteiger partial charge in [0.15, 0.2) is 4.96 Å². The summed E-state index contributed by atoms with van der Waals surface area (Å²) in [6.45, 7) is 0. The predicted octanol–water partition coefficient (Wildman–Crippen LogP) is 1.35. The monoisotopic (exact) mass is 300 g/mol. The van der Waals surface area contributed by atoms with Crippen molar-refractivity contribution in [2.75, 3.05) is 0 Å². The first-order chi connectivity index (χ1) is 10.1. The Morgan fingerprint density at radius 1 is 1.29 bits per heavy atom. The highest BCUT2D eigenvalue weighted by Gasteiger charge is 2.22. The van der Waals surface area contributed by atoms with E-state index in [1.54, 1.807) is 34.9 Å². The zero-order valence-electron chi connectivity index (χ0n) is 10.9. The number of carbonyl (C=O) groups is 2. The van der Waals surface area contributed by atoms with Gasteiger partial charge in [-0.3, -0.25) is 14.0 Å². The van der Waals surface area contributed by atoms with Crippen LogP contribution in [0.3, 0.4) is 0 Å². The topological polar surface area (TPSA) is 89.5 Å². The van der Waals surface area contributed by atoms with Gasteiger partial charge in [0.1, 0.15) is 11.7 Å². The lowest BCUT2D eigenvalue weighted by Crippen LogP contribution is -2.37. The summed E-state index contributed by atoms with van der Waals surface area (Å²) in [5, 5.41) is 4.49. The van der Waals surface area contributed by atoms with Crippen molar-refractivity contribution in [3.8, 4) is 0 Å². The molecule has 21 heavy (non-hydrogen) atoms. The predicted molar refractivity (Wildman–Crippen MR) is 78.9 cm³/mol. The number of rotatable bonds is 4. The summed E-state index contributed by atoms with van der Waals surface area (Å²) >= 11 is 1.43. The van der Waals surface area contributed by atoms with Gasteiger partial charge in [-0.25, -0.2) is 4.98 Å². The van der Waals surface area contributed by atoms with E-state index in [0.29, 0.717) is 5.56 Å². The molecule has 106 valence electrons. The van der Waals surface area contributed by atoms with Gasteiger partial charge < -0.3 is 11.1 Å². The number of aromatic nitrogens is 2. The molecule has 0 aliphatic rings. The van der Waals surface area contributed by atoms with Crippen LogP contribution in [0, 0.1) is 0 Å². The van der Waals surface area contributed by atoms with Gasteiger partial charge in [0.25, 0.3) is 5.91 Å². The average molecular weight is 300 g/mol. The number of nitrogens with two attached hydrogens (primary N) is 1. The number of fused-ring (bicyclic) bond motifs is 1.